The smallest absolute Gasteiger partial charge is 0.175 e. The van der Waals surface area contributed by atoms with Gasteiger partial charge in [-0.2, -0.15) is 0 Å². The zero-order valence-corrected chi connectivity index (χ0v) is 17.1. The molecule has 1 aromatic heterocycles. The first-order valence-electron chi connectivity index (χ1n) is 9.07. The molecule has 0 atom stereocenters. The minimum Gasteiger partial charge on any atom is -0.320 e. The average molecular weight is 394 g/mol. The molecule has 0 spiro atoms. The lowest BCUT2D eigenvalue weighted by molar-refractivity contribution is 0.171. The van der Waals surface area contributed by atoms with Crippen molar-refractivity contribution in [1.82, 2.24) is 15.2 Å². The number of thiazole rings is 1. The highest BCUT2D eigenvalue weighted by Gasteiger charge is 2.19. The molecular formula is C19H27N3O2S2. The fourth-order valence-corrected chi connectivity index (χ4v) is 4.82. The Bertz CT molecular complexity index is 808. The van der Waals surface area contributed by atoms with E-state index in [0.29, 0.717) is 4.90 Å². The number of rotatable bonds is 7. The molecule has 26 heavy (non-hydrogen) atoms. The molecule has 0 amide bonds. The third-order valence-electron chi connectivity index (χ3n) is 4.98. The number of sulfone groups is 1. The lowest BCUT2D eigenvalue weighted by Gasteiger charge is -2.31. The lowest BCUT2D eigenvalue weighted by Crippen LogP contribution is -2.34. The van der Waals surface area contributed by atoms with Crippen molar-refractivity contribution < 1.29 is 8.42 Å². The predicted octanol–water partition coefficient (Wildman–Crippen LogP) is 3.04. The molecule has 2 aromatic rings. The molecule has 0 saturated carbocycles. The van der Waals surface area contributed by atoms with Gasteiger partial charge in [-0.15, -0.1) is 11.3 Å². The van der Waals surface area contributed by atoms with Crippen LogP contribution in [0.3, 0.4) is 0 Å². The maximum absolute atomic E-state index is 11.6. The molecule has 0 aliphatic carbocycles. The van der Waals surface area contributed by atoms with E-state index in [9.17, 15) is 8.42 Å². The minimum atomic E-state index is -3.15. The monoisotopic (exact) mass is 393 g/mol. The number of nitrogens with zero attached hydrogens (tertiary/aromatic N) is 2. The van der Waals surface area contributed by atoms with E-state index in [1.54, 1.807) is 23.5 Å². The van der Waals surface area contributed by atoms with Crippen molar-refractivity contribution in [3.8, 4) is 10.6 Å². The molecule has 1 aliphatic heterocycles. The second kappa shape index (κ2) is 8.61. The summed E-state index contributed by atoms with van der Waals surface area (Å²) in [5.41, 5.74) is 2.07. The summed E-state index contributed by atoms with van der Waals surface area (Å²) in [6, 6.07) is 6.99. The van der Waals surface area contributed by atoms with Crippen LogP contribution < -0.4 is 5.32 Å². The largest absolute Gasteiger partial charge is 0.320 e. The van der Waals surface area contributed by atoms with Crippen LogP contribution in [-0.2, 0) is 16.4 Å². The van der Waals surface area contributed by atoms with Crippen molar-refractivity contribution in [3.05, 3.63) is 35.3 Å². The van der Waals surface area contributed by atoms with Gasteiger partial charge in [0.05, 0.1) is 10.6 Å². The zero-order valence-electron chi connectivity index (χ0n) is 15.4. The minimum absolute atomic E-state index is 0.346. The third-order valence-corrected chi connectivity index (χ3v) is 7.05. The Labute approximate surface area is 160 Å². The number of hydrogen-bond acceptors (Lipinski definition) is 6. The zero-order chi connectivity index (χ0) is 18.6. The first kappa shape index (κ1) is 19.5. The number of nitrogens with one attached hydrogen (secondary N) is 1. The van der Waals surface area contributed by atoms with Gasteiger partial charge in [-0.3, -0.25) is 4.90 Å². The molecule has 1 saturated heterocycles. The fraction of sp³-hybridized carbons (Fsp3) is 0.526. The van der Waals surface area contributed by atoms with Crippen LogP contribution in [-0.4, -0.2) is 51.2 Å². The van der Waals surface area contributed by atoms with E-state index in [0.717, 1.165) is 48.4 Å². The molecule has 3 rings (SSSR count). The molecule has 1 N–H and O–H groups in total. The molecule has 1 aliphatic rings. The van der Waals surface area contributed by atoms with Crippen molar-refractivity contribution in [1.29, 1.82) is 0 Å². The van der Waals surface area contributed by atoms with Gasteiger partial charge in [-0.1, -0.05) is 12.1 Å². The summed E-state index contributed by atoms with van der Waals surface area (Å²) in [5.74, 6) is 0.845. The average Bonchev–Trinajstić information content (AvgIpc) is 3.09. The maximum Gasteiger partial charge on any atom is 0.175 e. The molecule has 142 valence electrons. The Morgan fingerprint density at radius 2 is 1.92 bits per heavy atom. The Hall–Kier alpha value is -1.28. The van der Waals surface area contributed by atoms with Crippen LogP contribution in [0.15, 0.2) is 34.5 Å². The van der Waals surface area contributed by atoms with E-state index in [1.165, 1.54) is 25.5 Å². The quantitative estimate of drug-likeness (QED) is 0.783. The summed E-state index contributed by atoms with van der Waals surface area (Å²) in [6.45, 7) is 4.30. The highest BCUT2D eigenvalue weighted by Crippen LogP contribution is 2.27. The van der Waals surface area contributed by atoms with E-state index in [4.69, 9.17) is 4.98 Å². The topological polar surface area (TPSA) is 62.3 Å². The molecule has 0 bridgehead atoms. The van der Waals surface area contributed by atoms with Crippen LogP contribution in [0.25, 0.3) is 10.6 Å². The van der Waals surface area contributed by atoms with Crippen molar-refractivity contribution in [2.75, 3.05) is 32.9 Å². The van der Waals surface area contributed by atoms with Gasteiger partial charge in [0, 0.05) is 23.7 Å². The van der Waals surface area contributed by atoms with Gasteiger partial charge in [0.25, 0.3) is 0 Å². The fourth-order valence-electron chi connectivity index (χ4n) is 3.37. The van der Waals surface area contributed by atoms with E-state index < -0.39 is 9.84 Å². The van der Waals surface area contributed by atoms with Crippen LogP contribution >= 0.6 is 11.3 Å². The third kappa shape index (κ3) is 5.13. The highest BCUT2D eigenvalue weighted by molar-refractivity contribution is 7.90. The van der Waals surface area contributed by atoms with Crippen LogP contribution in [0.5, 0.6) is 0 Å². The van der Waals surface area contributed by atoms with Crippen LogP contribution in [0.2, 0.25) is 0 Å². The van der Waals surface area contributed by atoms with Crippen molar-refractivity contribution in [3.63, 3.8) is 0 Å². The second-order valence-corrected chi connectivity index (χ2v) is 9.93. The molecule has 0 unspecified atom stereocenters. The van der Waals surface area contributed by atoms with Crippen molar-refractivity contribution in [2.45, 2.75) is 30.7 Å². The number of aromatic nitrogens is 1. The molecule has 7 heteroatoms. The summed E-state index contributed by atoms with van der Waals surface area (Å²) in [5, 5.41) is 6.31. The van der Waals surface area contributed by atoms with Gasteiger partial charge in [-0.25, -0.2) is 13.4 Å². The Balaban J connectivity index is 1.57. The van der Waals surface area contributed by atoms with E-state index in [2.05, 4.69) is 15.6 Å². The van der Waals surface area contributed by atoms with Gasteiger partial charge in [0.15, 0.2) is 9.84 Å². The summed E-state index contributed by atoms with van der Waals surface area (Å²) < 4.78 is 23.1. The van der Waals surface area contributed by atoms with Crippen molar-refractivity contribution >= 4 is 21.2 Å². The first-order chi connectivity index (χ1) is 12.5. The molecule has 2 heterocycles. The van der Waals surface area contributed by atoms with Gasteiger partial charge in [-0.05, 0) is 64.0 Å². The van der Waals surface area contributed by atoms with Crippen LogP contribution in [0.1, 0.15) is 25.0 Å². The van der Waals surface area contributed by atoms with E-state index in [-0.39, 0.29) is 0 Å². The number of hydrogen-bond donors (Lipinski definition) is 1. The molecule has 0 radical (unpaired) electrons. The molecular weight excluding hydrogens is 366 g/mol. The van der Waals surface area contributed by atoms with Gasteiger partial charge in [0.1, 0.15) is 5.01 Å². The number of likely N-dealkylation sites (tertiary alicyclic amines) is 1. The molecule has 5 nitrogen and oxygen atoms in total. The normalized spacial score (nSPS) is 16.8. The SMILES string of the molecule is CNCCC1CCN(Cc2csc(-c3ccc(S(C)(=O)=O)cc3)n2)CC1. The van der Waals surface area contributed by atoms with Gasteiger partial charge >= 0.3 is 0 Å². The second-order valence-electron chi connectivity index (χ2n) is 7.05. The van der Waals surface area contributed by atoms with Crippen LogP contribution in [0.4, 0.5) is 0 Å². The Morgan fingerprint density at radius 1 is 1.23 bits per heavy atom. The predicted molar refractivity (Wildman–Crippen MR) is 107 cm³/mol. The number of benzene rings is 1. The number of piperidine rings is 1. The summed E-state index contributed by atoms with van der Waals surface area (Å²) in [7, 11) is -1.14. The first-order valence-corrected chi connectivity index (χ1v) is 11.8. The highest BCUT2D eigenvalue weighted by atomic mass is 32.2. The molecule has 1 fully saturated rings. The van der Waals surface area contributed by atoms with E-state index >= 15 is 0 Å². The van der Waals surface area contributed by atoms with Gasteiger partial charge in [0.2, 0.25) is 0 Å². The van der Waals surface area contributed by atoms with E-state index in [1.807, 2.05) is 19.2 Å². The molecule has 1 aromatic carbocycles. The lowest BCUT2D eigenvalue weighted by atomic mass is 9.93. The summed E-state index contributed by atoms with van der Waals surface area (Å²) in [6.07, 6.45) is 5.04. The Morgan fingerprint density at radius 3 is 2.54 bits per heavy atom. The Kier molecular flexibility index (Phi) is 6.45. The summed E-state index contributed by atoms with van der Waals surface area (Å²) in [4.78, 5) is 7.59. The van der Waals surface area contributed by atoms with Gasteiger partial charge < -0.3 is 5.32 Å². The summed E-state index contributed by atoms with van der Waals surface area (Å²) >= 11 is 1.62. The van der Waals surface area contributed by atoms with Crippen molar-refractivity contribution in [2.24, 2.45) is 5.92 Å². The maximum atomic E-state index is 11.6. The van der Waals surface area contributed by atoms with Crippen LogP contribution in [0, 0.1) is 5.92 Å². The standard InChI is InChI=1S/C19H27N3O2S2/c1-20-10-7-15-8-11-22(12-9-15)13-17-14-25-19(21-17)16-3-5-18(6-4-16)26(2,23)24/h3-6,14-15,20H,7-13H2,1-2H3.